The first-order chi connectivity index (χ1) is 9.34. The molecule has 0 aliphatic carbocycles. The van der Waals surface area contributed by atoms with E-state index < -0.39 is 5.91 Å². The molecule has 0 aliphatic heterocycles. The van der Waals surface area contributed by atoms with Crippen molar-refractivity contribution >= 4 is 11.6 Å². The number of hydrogen-bond donors (Lipinski definition) is 2. The van der Waals surface area contributed by atoms with Gasteiger partial charge in [0.1, 0.15) is 0 Å². The molecule has 3 aromatic rings. The Bertz CT molecular complexity index is 675. The first-order valence-corrected chi connectivity index (χ1v) is 5.47. The van der Waals surface area contributed by atoms with Crippen molar-refractivity contribution in [3.8, 4) is 5.69 Å². The van der Waals surface area contributed by atoms with Crippen LogP contribution in [0.2, 0.25) is 0 Å². The zero-order valence-corrected chi connectivity index (χ0v) is 9.69. The molecular formula is C11H9N7O. The molecule has 0 spiro atoms. The molecule has 3 rings (SSSR count). The van der Waals surface area contributed by atoms with Crippen LogP contribution in [0.3, 0.4) is 0 Å². The number of H-pyrrole nitrogens is 1. The third-order valence-corrected chi connectivity index (χ3v) is 2.48. The second-order valence-electron chi connectivity index (χ2n) is 3.68. The van der Waals surface area contributed by atoms with E-state index in [2.05, 4.69) is 30.9 Å². The van der Waals surface area contributed by atoms with E-state index in [-0.39, 0.29) is 5.82 Å². The average molecular weight is 255 g/mol. The maximum atomic E-state index is 11.9. The summed E-state index contributed by atoms with van der Waals surface area (Å²) >= 11 is 0. The molecule has 19 heavy (non-hydrogen) atoms. The molecule has 2 aromatic heterocycles. The van der Waals surface area contributed by atoms with Crippen LogP contribution >= 0.6 is 0 Å². The van der Waals surface area contributed by atoms with Gasteiger partial charge in [-0.05, 0) is 17.3 Å². The number of benzene rings is 1. The van der Waals surface area contributed by atoms with Crippen LogP contribution in [-0.2, 0) is 0 Å². The molecule has 0 fully saturated rings. The zero-order chi connectivity index (χ0) is 13.1. The minimum Gasteiger partial charge on any atom is -0.317 e. The summed E-state index contributed by atoms with van der Waals surface area (Å²) in [6, 6.07) is 7.35. The van der Waals surface area contributed by atoms with E-state index in [0.29, 0.717) is 5.69 Å². The Morgan fingerprint density at radius 3 is 2.95 bits per heavy atom. The number of carbonyl (C=O) groups excluding carboxylic acids is 1. The van der Waals surface area contributed by atoms with Crippen LogP contribution in [0.5, 0.6) is 0 Å². The van der Waals surface area contributed by atoms with E-state index in [1.807, 2.05) is 18.2 Å². The van der Waals surface area contributed by atoms with Crippen LogP contribution in [0, 0.1) is 0 Å². The fourth-order valence-corrected chi connectivity index (χ4v) is 1.64. The predicted octanol–water partition coefficient (Wildman–Crippen LogP) is 0.638. The summed E-state index contributed by atoms with van der Waals surface area (Å²) in [5.74, 6) is -0.443. The summed E-state index contributed by atoms with van der Waals surface area (Å²) < 4.78 is 1.80. The van der Waals surface area contributed by atoms with Crippen LogP contribution in [0.4, 0.5) is 5.69 Å². The lowest BCUT2D eigenvalue weighted by Gasteiger charge is -2.09. The molecule has 0 radical (unpaired) electrons. The highest BCUT2D eigenvalue weighted by molar-refractivity contribution is 6.02. The molecule has 0 bridgehead atoms. The number of tetrazole rings is 1. The highest BCUT2D eigenvalue weighted by Crippen LogP contribution is 2.19. The molecular weight excluding hydrogens is 246 g/mol. The second kappa shape index (κ2) is 4.69. The van der Waals surface area contributed by atoms with Gasteiger partial charge in [0.05, 0.1) is 17.7 Å². The van der Waals surface area contributed by atoms with Crippen molar-refractivity contribution in [2.45, 2.75) is 0 Å². The Morgan fingerprint density at radius 2 is 2.21 bits per heavy atom. The Kier molecular flexibility index (Phi) is 2.73. The van der Waals surface area contributed by atoms with Crippen molar-refractivity contribution in [3.63, 3.8) is 0 Å². The van der Waals surface area contributed by atoms with Gasteiger partial charge in [-0.1, -0.05) is 12.1 Å². The molecule has 0 saturated carbocycles. The Morgan fingerprint density at radius 1 is 1.32 bits per heavy atom. The van der Waals surface area contributed by atoms with Gasteiger partial charge in [0.2, 0.25) is 0 Å². The molecule has 0 atom stereocenters. The van der Waals surface area contributed by atoms with Crippen LogP contribution in [0.1, 0.15) is 10.6 Å². The van der Waals surface area contributed by atoms with Gasteiger partial charge >= 0.3 is 0 Å². The van der Waals surface area contributed by atoms with Gasteiger partial charge in [-0.15, -0.1) is 10.2 Å². The van der Waals surface area contributed by atoms with Crippen molar-refractivity contribution in [2.24, 2.45) is 0 Å². The number of imidazole rings is 1. The molecule has 94 valence electrons. The summed E-state index contributed by atoms with van der Waals surface area (Å²) in [6.07, 6.45) is 5.11. The molecule has 2 N–H and O–H groups in total. The smallest absolute Gasteiger partial charge is 0.297 e. The first kappa shape index (κ1) is 11.1. The Hall–Kier alpha value is -3.03. The number of hydrogen-bond acceptors (Lipinski definition) is 5. The van der Waals surface area contributed by atoms with E-state index >= 15 is 0 Å². The van der Waals surface area contributed by atoms with E-state index in [1.54, 1.807) is 29.4 Å². The van der Waals surface area contributed by atoms with Gasteiger partial charge in [-0.3, -0.25) is 4.79 Å². The van der Waals surface area contributed by atoms with Crippen LogP contribution in [-0.4, -0.2) is 36.1 Å². The van der Waals surface area contributed by atoms with Crippen LogP contribution in [0.25, 0.3) is 5.69 Å². The molecule has 0 aliphatic rings. The molecule has 2 heterocycles. The summed E-state index contributed by atoms with van der Waals surface area (Å²) in [5.41, 5.74) is 1.44. The van der Waals surface area contributed by atoms with Crippen molar-refractivity contribution in [1.82, 2.24) is 30.2 Å². The van der Waals surface area contributed by atoms with Gasteiger partial charge < -0.3 is 9.88 Å². The van der Waals surface area contributed by atoms with E-state index in [1.165, 1.54) is 0 Å². The highest BCUT2D eigenvalue weighted by atomic mass is 16.2. The zero-order valence-electron chi connectivity index (χ0n) is 9.69. The number of aromatic amines is 1. The SMILES string of the molecule is O=C(Nc1ccccc1-n1ccnc1)c1nn[nH]n1. The number of nitrogens with one attached hydrogen (secondary N) is 2. The lowest BCUT2D eigenvalue weighted by molar-refractivity contribution is 0.101. The van der Waals surface area contributed by atoms with Gasteiger partial charge in [0.25, 0.3) is 11.7 Å². The molecule has 1 aromatic carbocycles. The number of nitrogens with zero attached hydrogens (tertiary/aromatic N) is 5. The fourth-order valence-electron chi connectivity index (χ4n) is 1.64. The highest BCUT2D eigenvalue weighted by Gasteiger charge is 2.13. The number of rotatable bonds is 3. The minimum atomic E-state index is -0.429. The summed E-state index contributed by atoms with van der Waals surface area (Å²) in [4.78, 5) is 15.9. The quantitative estimate of drug-likeness (QED) is 0.715. The third kappa shape index (κ3) is 2.18. The minimum absolute atomic E-state index is 0.0135. The first-order valence-electron chi connectivity index (χ1n) is 5.47. The molecule has 8 nitrogen and oxygen atoms in total. The number of carbonyl (C=O) groups is 1. The largest absolute Gasteiger partial charge is 0.317 e. The second-order valence-corrected chi connectivity index (χ2v) is 3.68. The van der Waals surface area contributed by atoms with Crippen molar-refractivity contribution in [1.29, 1.82) is 0 Å². The number of aromatic nitrogens is 6. The average Bonchev–Trinajstić information content (AvgIpc) is 3.13. The molecule has 1 amide bonds. The predicted molar refractivity (Wildman–Crippen MR) is 65.7 cm³/mol. The topological polar surface area (TPSA) is 101 Å². The van der Waals surface area contributed by atoms with Gasteiger partial charge in [-0.2, -0.15) is 5.21 Å². The summed E-state index contributed by atoms with van der Waals surface area (Å²) in [6.45, 7) is 0. The van der Waals surface area contributed by atoms with Crippen molar-refractivity contribution in [3.05, 3.63) is 48.8 Å². The molecule has 8 heteroatoms. The summed E-state index contributed by atoms with van der Waals surface area (Å²) in [7, 11) is 0. The Labute approximate surface area is 107 Å². The van der Waals surface area contributed by atoms with Gasteiger partial charge in [0, 0.05) is 12.4 Å². The third-order valence-electron chi connectivity index (χ3n) is 2.48. The molecule has 0 unspecified atom stereocenters. The van der Waals surface area contributed by atoms with E-state index in [0.717, 1.165) is 5.69 Å². The monoisotopic (exact) mass is 255 g/mol. The van der Waals surface area contributed by atoms with Crippen molar-refractivity contribution < 1.29 is 4.79 Å². The number of amides is 1. The van der Waals surface area contributed by atoms with Gasteiger partial charge in [-0.25, -0.2) is 4.98 Å². The lowest BCUT2D eigenvalue weighted by atomic mass is 10.2. The van der Waals surface area contributed by atoms with E-state index in [4.69, 9.17) is 0 Å². The van der Waals surface area contributed by atoms with E-state index in [9.17, 15) is 4.79 Å². The van der Waals surface area contributed by atoms with Crippen LogP contribution in [0.15, 0.2) is 43.0 Å². The normalized spacial score (nSPS) is 10.3. The maximum Gasteiger partial charge on any atom is 0.297 e. The molecule has 0 saturated heterocycles. The maximum absolute atomic E-state index is 11.9. The number of para-hydroxylation sites is 2. The fraction of sp³-hybridized carbons (Fsp3) is 0. The Balaban J connectivity index is 1.92. The van der Waals surface area contributed by atoms with Gasteiger partial charge in [0.15, 0.2) is 0 Å². The van der Waals surface area contributed by atoms with Crippen LogP contribution < -0.4 is 5.32 Å². The summed E-state index contributed by atoms with van der Waals surface area (Å²) in [5, 5.41) is 15.6. The standard InChI is InChI=1S/C11H9N7O/c19-11(10-14-16-17-15-10)13-8-3-1-2-4-9(8)18-6-5-12-7-18/h1-7H,(H,13,19)(H,14,15,16,17). The lowest BCUT2D eigenvalue weighted by Crippen LogP contribution is -2.15. The van der Waals surface area contributed by atoms with Crippen molar-refractivity contribution in [2.75, 3.05) is 5.32 Å². The number of anilines is 1.